The molecule has 2 heterocycles. The predicted molar refractivity (Wildman–Crippen MR) is 145 cm³/mol. The van der Waals surface area contributed by atoms with Crippen molar-refractivity contribution in [3.63, 3.8) is 0 Å². The molecule has 1 amide bonds. The molecule has 0 saturated heterocycles. The van der Waals surface area contributed by atoms with Gasteiger partial charge in [0.25, 0.3) is 0 Å². The van der Waals surface area contributed by atoms with Gasteiger partial charge in [-0.05, 0) is 63.4 Å². The fourth-order valence-corrected chi connectivity index (χ4v) is 4.51. The first-order valence-electron chi connectivity index (χ1n) is 11.1. The lowest BCUT2D eigenvalue weighted by molar-refractivity contribution is 0.0541. The molecule has 9 heteroatoms. The highest BCUT2D eigenvalue weighted by Crippen LogP contribution is 2.27. The van der Waals surface area contributed by atoms with Crippen LogP contribution in [0.3, 0.4) is 0 Å². The number of hydrogen-bond acceptors (Lipinski definition) is 8. The highest BCUT2D eigenvalue weighted by Gasteiger charge is 2.15. The van der Waals surface area contributed by atoms with Crippen molar-refractivity contribution in [2.24, 2.45) is 5.73 Å². The van der Waals surface area contributed by atoms with Crippen LogP contribution in [0, 0.1) is 13.8 Å². The summed E-state index contributed by atoms with van der Waals surface area (Å²) < 4.78 is 5.14. The van der Waals surface area contributed by atoms with Crippen molar-refractivity contribution in [2.45, 2.75) is 46.8 Å². The molecule has 0 aliphatic rings. The summed E-state index contributed by atoms with van der Waals surface area (Å²) in [5.74, 6) is 0. The number of aryl methyl sites for hydroxylation is 2. The van der Waals surface area contributed by atoms with E-state index in [-0.39, 0.29) is 0 Å². The van der Waals surface area contributed by atoms with Crippen LogP contribution in [-0.2, 0) is 11.3 Å². The third kappa shape index (κ3) is 8.47. The van der Waals surface area contributed by atoms with Gasteiger partial charge in [0.2, 0.25) is 0 Å². The molecule has 0 radical (unpaired) electrons. The maximum Gasteiger partial charge on any atom is 0.426 e. The lowest BCUT2D eigenvalue weighted by Crippen LogP contribution is -2.35. The van der Waals surface area contributed by atoms with Crippen molar-refractivity contribution < 1.29 is 9.53 Å². The number of anilines is 1. The van der Waals surface area contributed by atoms with Crippen molar-refractivity contribution in [1.29, 1.82) is 0 Å². The first kappa shape index (κ1) is 26.3. The number of carbonyl (C=O) groups is 1. The largest absolute Gasteiger partial charge is 0.443 e. The Kier molecular flexibility index (Phi) is 8.97. The van der Waals surface area contributed by atoms with Crippen molar-refractivity contribution in [1.82, 2.24) is 15.4 Å². The van der Waals surface area contributed by atoms with Gasteiger partial charge in [-0.1, -0.05) is 36.4 Å². The number of aromatic nitrogens is 2. The summed E-state index contributed by atoms with van der Waals surface area (Å²) >= 11 is 3.36. The van der Waals surface area contributed by atoms with Crippen LogP contribution in [0.25, 0.3) is 20.9 Å². The molecule has 35 heavy (non-hydrogen) atoms. The maximum atomic E-state index is 11.5. The number of nitrogens with two attached hydrogens (primary N) is 1. The lowest BCUT2D eigenvalue weighted by Gasteiger charge is -2.20. The van der Waals surface area contributed by atoms with Crippen molar-refractivity contribution in [3.8, 4) is 20.9 Å². The fraction of sp³-hybridized carbons (Fsp3) is 0.269. The molecule has 0 aliphatic heterocycles. The molecule has 0 atom stereocenters. The Bertz CT molecular complexity index is 1230. The third-order valence-electron chi connectivity index (χ3n) is 4.59. The Hall–Kier alpha value is -3.27. The van der Waals surface area contributed by atoms with E-state index in [4.69, 9.17) is 10.5 Å². The molecule has 4 rings (SSSR count). The van der Waals surface area contributed by atoms with Crippen LogP contribution in [0.4, 0.5) is 10.5 Å². The maximum absolute atomic E-state index is 11.5. The van der Waals surface area contributed by atoms with Gasteiger partial charge >= 0.3 is 6.09 Å². The Labute approximate surface area is 214 Å². The smallest absolute Gasteiger partial charge is 0.426 e. The standard InChI is InChI=1S/C15H19N3O2S.C11H12N2S/c1-10-16-9-13(21-10)11-5-7-12(8-6-11)17-18-14(19)20-15(2,3)4;1-8-13-7-11(14-8)10-4-2-9(6-12)3-5-10/h5-9,17H,1-4H3,(H,18,19);2-5,7H,6,12H2,1H3. The second-order valence-corrected chi connectivity index (χ2v) is 11.2. The average molecular weight is 510 g/mol. The van der Waals surface area contributed by atoms with Crippen LogP contribution >= 0.6 is 22.7 Å². The van der Waals surface area contributed by atoms with Gasteiger partial charge in [0, 0.05) is 18.9 Å². The van der Waals surface area contributed by atoms with E-state index in [2.05, 4.69) is 45.1 Å². The van der Waals surface area contributed by atoms with Gasteiger partial charge in [-0.3, -0.25) is 5.43 Å². The summed E-state index contributed by atoms with van der Waals surface area (Å²) in [7, 11) is 0. The predicted octanol–water partition coefficient (Wildman–Crippen LogP) is 6.55. The Morgan fingerprint density at radius 1 is 0.886 bits per heavy atom. The Morgan fingerprint density at radius 3 is 1.77 bits per heavy atom. The number of thiazole rings is 2. The lowest BCUT2D eigenvalue weighted by atomic mass is 10.1. The molecule has 0 unspecified atom stereocenters. The Morgan fingerprint density at radius 2 is 1.37 bits per heavy atom. The minimum Gasteiger partial charge on any atom is -0.443 e. The summed E-state index contributed by atoms with van der Waals surface area (Å²) in [4.78, 5) is 22.3. The van der Waals surface area contributed by atoms with Crippen molar-refractivity contribution >= 4 is 34.5 Å². The highest BCUT2D eigenvalue weighted by molar-refractivity contribution is 7.15. The van der Waals surface area contributed by atoms with Gasteiger partial charge in [0.1, 0.15) is 5.60 Å². The molecule has 4 aromatic rings. The zero-order valence-corrected chi connectivity index (χ0v) is 22.2. The first-order chi connectivity index (χ1) is 16.6. The van der Waals surface area contributed by atoms with Gasteiger partial charge < -0.3 is 10.5 Å². The first-order valence-corrected chi connectivity index (χ1v) is 12.8. The molecular weight excluding hydrogens is 478 g/mol. The van der Waals surface area contributed by atoms with Gasteiger partial charge in [0.15, 0.2) is 0 Å². The number of nitrogens with one attached hydrogen (secondary N) is 2. The summed E-state index contributed by atoms with van der Waals surface area (Å²) in [6.07, 6.45) is 3.27. The molecule has 4 N–H and O–H groups in total. The van der Waals surface area contributed by atoms with E-state index in [1.165, 1.54) is 10.4 Å². The second kappa shape index (κ2) is 11.9. The number of carbonyl (C=O) groups excluding carboxylic acids is 1. The molecule has 2 aromatic heterocycles. The van der Waals surface area contributed by atoms with Crippen molar-refractivity contribution in [3.05, 3.63) is 76.5 Å². The summed E-state index contributed by atoms with van der Waals surface area (Å²) in [5, 5.41) is 2.14. The van der Waals surface area contributed by atoms with E-state index in [0.717, 1.165) is 31.7 Å². The third-order valence-corrected chi connectivity index (χ3v) is 6.52. The van der Waals surface area contributed by atoms with Crippen LogP contribution in [0.2, 0.25) is 0 Å². The molecule has 2 aromatic carbocycles. The van der Waals surface area contributed by atoms with E-state index in [9.17, 15) is 4.79 Å². The van der Waals surface area contributed by atoms with Gasteiger partial charge in [0.05, 0.1) is 25.5 Å². The molecule has 0 bridgehead atoms. The number of nitrogens with zero attached hydrogens (tertiary/aromatic N) is 2. The Balaban J connectivity index is 0.000000211. The molecule has 0 aliphatic carbocycles. The molecule has 0 saturated carbocycles. The number of hydrazine groups is 1. The number of amides is 1. The molecular formula is C26H31N5O2S2. The van der Waals surface area contributed by atoms with Gasteiger partial charge in [-0.15, -0.1) is 22.7 Å². The SMILES string of the molecule is Cc1ncc(-c2ccc(CN)cc2)s1.Cc1ncc(-c2ccc(NNC(=O)OC(C)(C)C)cc2)s1. The molecule has 0 spiro atoms. The van der Waals surface area contributed by atoms with Crippen molar-refractivity contribution in [2.75, 3.05) is 5.43 Å². The average Bonchev–Trinajstić information content (AvgIpc) is 3.46. The zero-order chi connectivity index (χ0) is 25.4. The summed E-state index contributed by atoms with van der Waals surface area (Å²) in [5.41, 5.74) is 14.6. The van der Waals surface area contributed by atoms with Gasteiger partial charge in [-0.25, -0.2) is 20.2 Å². The van der Waals surface area contributed by atoms with Crippen LogP contribution < -0.4 is 16.6 Å². The normalized spacial score (nSPS) is 10.8. The van der Waals surface area contributed by atoms with E-state index in [0.29, 0.717) is 6.54 Å². The quantitative estimate of drug-likeness (QED) is 0.264. The molecule has 7 nitrogen and oxygen atoms in total. The topological polar surface area (TPSA) is 102 Å². The van der Waals surface area contributed by atoms with Gasteiger partial charge in [-0.2, -0.15) is 0 Å². The minimum atomic E-state index is -0.514. The van der Waals surface area contributed by atoms with E-state index >= 15 is 0 Å². The van der Waals surface area contributed by atoms with E-state index in [1.54, 1.807) is 22.7 Å². The molecule has 0 fully saturated rings. The van der Waals surface area contributed by atoms with Crippen LogP contribution in [0.15, 0.2) is 60.9 Å². The minimum absolute atomic E-state index is 0.510. The van der Waals surface area contributed by atoms with E-state index < -0.39 is 11.7 Å². The summed E-state index contributed by atoms with van der Waals surface area (Å²) in [6, 6.07) is 16.0. The second-order valence-electron chi connectivity index (χ2n) is 8.72. The summed E-state index contributed by atoms with van der Waals surface area (Å²) in [6.45, 7) is 10.1. The monoisotopic (exact) mass is 509 g/mol. The highest BCUT2D eigenvalue weighted by atomic mass is 32.1. The molecule has 184 valence electrons. The van der Waals surface area contributed by atoms with Crippen LogP contribution in [0.1, 0.15) is 36.3 Å². The zero-order valence-electron chi connectivity index (χ0n) is 20.6. The van der Waals surface area contributed by atoms with Crippen LogP contribution in [-0.4, -0.2) is 21.7 Å². The number of ether oxygens (including phenoxy) is 1. The van der Waals surface area contributed by atoms with Crippen LogP contribution in [0.5, 0.6) is 0 Å². The number of rotatable bonds is 5. The fourth-order valence-electron chi connectivity index (χ4n) is 2.94. The van der Waals surface area contributed by atoms with E-state index in [1.807, 2.05) is 71.3 Å². The number of benzene rings is 2. The number of hydrogen-bond donors (Lipinski definition) is 3.